The van der Waals surface area contributed by atoms with Gasteiger partial charge in [-0.3, -0.25) is 4.68 Å². The third-order valence-corrected chi connectivity index (χ3v) is 6.19. The Morgan fingerprint density at radius 2 is 2.08 bits per heavy atom. The first-order valence-electron chi connectivity index (χ1n) is 8.54. The van der Waals surface area contributed by atoms with Crippen molar-refractivity contribution in [2.24, 2.45) is 9.50 Å². The Hall–Kier alpha value is -2.19. The molecule has 4 rings (SSSR count). The molecule has 8 heteroatoms. The Morgan fingerprint density at radius 1 is 1.32 bits per heavy atom. The first kappa shape index (κ1) is 16.3. The molecule has 2 aliphatic rings. The van der Waals surface area contributed by atoms with Crippen molar-refractivity contribution >= 4 is 21.6 Å². The highest BCUT2D eigenvalue weighted by atomic mass is 32.2. The lowest BCUT2D eigenvalue weighted by molar-refractivity contribution is 0.260. The van der Waals surface area contributed by atoms with Gasteiger partial charge in [-0.1, -0.05) is 6.07 Å². The summed E-state index contributed by atoms with van der Waals surface area (Å²) in [6.07, 6.45) is 6.77. The molecule has 1 heterocycles. The van der Waals surface area contributed by atoms with E-state index in [1.807, 2.05) is 6.92 Å². The van der Waals surface area contributed by atoms with Gasteiger partial charge in [0, 0.05) is 18.4 Å². The highest BCUT2D eigenvalue weighted by molar-refractivity contribution is 7.91. The van der Waals surface area contributed by atoms with Crippen LogP contribution in [0.15, 0.2) is 27.7 Å². The second kappa shape index (κ2) is 5.96. The monoisotopic (exact) mass is 359 g/mol. The Labute approximate surface area is 146 Å². The summed E-state index contributed by atoms with van der Waals surface area (Å²) in [6, 6.07) is 3.13. The van der Waals surface area contributed by atoms with Gasteiger partial charge in [0.1, 0.15) is 0 Å². The van der Waals surface area contributed by atoms with Gasteiger partial charge in [0.25, 0.3) is 0 Å². The lowest BCUT2D eigenvalue weighted by Gasteiger charge is -2.25. The van der Waals surface area contributed by atoms with Crippen molar-refractivity contribution in [1.29, 1.82) is 0 Å². The number of carbonyl (C=O) groups is 1. The van der Waals surface area contributed by atoms with Crippen LogP contribution in [0.2, 0.25) is 0 Å². The third kappa shape index (κ3) is 2.85. The van der Waals surface area contributed by atoms with E-state index in [2.05, 4.69) is 20.8 Å². The van der Waals surface area contributed by atoms with Crippen LogP contribution in [0, 0.1) is 0 Å². The fourth-order valence-electron chi connectivity index (χ4n) is 3.57. The van der Waals surface area contributed by atoms with E-state index in [1.165, 1.54) is 28.3 Å². The Kier molecular flexibility index (Phi) is 3.88. The van der Waals surface area contributed by atoms with Crippen molar-refractivity contribution in [3.8, 4) is 0 Å². The van der Waals surface area contributed by atoms with Crippen LogP contribution in [-0.4, -0.2) is 20.0 Å². The number of nitrogens with two attached hydrogens (primary N) is 1. The molecule has 2 aromatic rings. The number of amides is 2. The van der Waals surface area contributed by atoms with Crippen LogP contribution in [0.1, 0.15) is 35.6 Å². The molecule has 132 valence electrons. The summed E-state index contributed by atoms with van der Waals surface area (Å²) in [5.41, 5.74) is 5.85. The summed E-state index contributed by atoms with van der Waals surface area (Å²) in [6.45, 7) is 2.54. The molecule has 0 saturated heterocycles. The largest absolute Gasteiger partial charge is 0.354 e. The summed E-state index contributed by atoms with van der Waals surface area (Å²) in [4.78, 5) is 12.4. The van der Waals surface area contributed by atoms with E-state index in [1.54, 1.807) is 10.9 Å². The molecule has 3 N–H and O–H groups in total. The highest BCUT2D eigenvalue weighted by Crippen LogP contribution is 2.39. The van der Waals surface area contributed by atoms with Crippen molar-refractivity contribution < 1.29 is 9.00 Å². The van der Waals surface area contributed by atoms with Gasteiger partial charge in [0.05, 0.1) is 0 Å². The van der Waals surface area contributed by atoms with Crippen molar-refractivity contribution in [2.45, 2.75) is 50.6 Å². The number of fused-ring (bicyclic) bond motifs is 2. The molecule has 2 aliphatic carbocycles. The predicted octanol–water partition coefficient (Wildman–Crippen LogP) is 2.42. The maximum absolute atomic E-state index is 12.6. The number of hydrogen-bond acceptors (Lipinski definition) is 3. The molecule has 0 bridgehead atoms. The second-order valence-electron chi connectivity index (χ2n) is 6.48. The number of anilines is 1. The number of aromatic nitrogens is 2. The average Bonchev–Trinajstić information content (AvgIpc) is 3.18. The zero-order valence-electron chi connectivity index (χ0n) is 14.1. The first-order valence-corrected chi connectivity index (χ1v) is 10.1. The number of carbonyl (C=O) groups excluding carboxylic acids is 1. The van der Waals surface area contributed by atoms with E-state index < -0.39 is 15.9 Å². The van der Waals surface area contributed by atoms with Crippen LogP contribution < -0.4 is 10.5 Å². The van der Waals surface area contributed by atoms with Gasteiger partial charge in [-0.15, -0.1) is 4.36 Å². The van der Waals surface area contributed by atoms with Crippen molar-refractivity contribution in [3.05, 3.63) is 40.6 Å². The minimum absolute atomic E-state index is 0.121. The van der Waals surface area contributed by atoms with Crippen molar-refractivity contribution in [1.82, 2.24) is 9.78 Å². The molecule has 1 aromatic heterocycles. The number of hydrogen-bond donors (Lipinski definition) is 2. The Morgan fingerprint density at radius 3 is 2.76 bits per heavy atom. The topological polar surface area (TPSA) is 102 Å². The smallest absolute Gasteiger partial charge is 0.305 e. The van der Waals surface area contributed by atoms with E-state index in [0.29, 0.717) is 6.54 Å². The number of nitrogens with zero attached hydrogens (tertiary/aromatic N) is 3. The quantitative estimate of drug-likeness (QED) is 0.879. The summed E-state index contributed by atoms with van der Waals surface area (Å²) >= 11 is 0. The third-order valence-electron chi connectivity index (χ3n) is 4.93. The van der Waals surface area contributed by atoms with Crippen LogP contribution in [0.4, 0.5) is 10.5 Å². The van der Waals surface area contributed by atoms with E-state index in [0.717, 1.165) is 37.8 Å². The normalized spacial score (nSPS) is 17.2. The Balaban J connectivity index is 1.64. The van der Waals surface area contributed by atoms with E-state index >= 15 is 0 Å². The predicted molar refractivity (Wildman–Crippen MR) is 95.8 cm³/mol. The molecule has 7 nitrogen and oxygen atoms in total. The number of rotatable bonds is 3. The molecule has 2 amide bonds. The fourth-order valence-corrected chi connectivity index (χ4v) is 4.43. The van der Waals surface area contributed by atoms with E-state index in [9.17, 15) is 9.00 Å². The molecular weight excluding hydrogens is 338 g/mol. The number of aryl methyl sites for hydroxylation is 3. The molecule has 1 aromatic carbocycles. The minimum atomic E-state index is -3.36. The SMILES string of the molecule is CCn1ccc([S@](N)(=O)=NC(=O)Nc2c3c(cc4c2CC4)CCC3)n1. The van der Waals surface area contributed by atoms with Crippen molar-refractivity contribution in [2.75, 3.05) is 5.32 Å². The number of nitrogens with one attached hydrogen (secondary N) is 1. The summed E-state index contributed by atoms with van der Waals surface area (Å²) in [7, 11) is -3.36. The fraction of sp³-hybridized carbons (Fsp3) is 0.412. The molecule has 0 aliphatic heterocycles. The number of urea groups is 1. The molecule has 0 unspecified atom stereocenters. The second-order valence-corrected chi connectivity index (χ2v) is 8.22. The van der Waals surface area contributed by atoms with Crippen LogP contribution in [0.25, 0.3) is 0 Å². The standard InChI is InChI=1S/C17H21N5O2S/c1-2-22-9-8-15(20-22)25(18,24)21-17(23)19-16-13-5-3-4-11(13)10-12-6-7-14(12)16/h8-10H,2-7H2,1H3,(H3,18,19,21,23,24)/t25-/m1/s1. The van der Waals surface area contributed by atoms with Gasteiger partial charge in [-0.2, -0.15) is 5.10 Å². The minimum Gasteiger partial charge on any atom is -0.305 e. The van der Waals surface area contributed by atoms with Gasteiger partial charge in [-0.05, 0) is 67.3 Å². The van der Waals surface area contributed by atoms with E-state index in [-0.39, 0.29) is 5.03 Å². The summed E-state index contributed by atoms with van der Waals surface area (Å²) < 4.78 is 17.9. The van der Waals surface area contributed by atoms with Crippen LogP contribution in [0.3, 0.4) is 0 Å². The molecule has 25 heavy (non-hydrogen) atoms. The molecule has 1 atom stereocenters. The molecular formula is C17H21N5O2S. The van der Waals surface area contributed by atoms with Crippen LogP contribution in [-0.2, 0) is 42.1 Å². The maximum Gasteiger partial charge on any atom is 0.354 e. The highest BCUT2D eigenvalue weighted by Gasteiger charge is 2.26. The van der Waals surface area contributed by atoms with Gasteiger partial charge in [0.15, 0.2) is 14.9 Å². The molecule has 0 fully saturated rings. The van der Waals surface area contributed by atoms with Gasteiger partial charge < -0.3 is 5.32 Å². The summed E-state index contributed by atoms with van der Waals surface area (Å²) in [5.74, 6) is 0. The van der Waals surface area contributed by atoms with E-state index in [4.69, 9.17) is 5.14 Å². The zero-order chi connectivity index (χ0) is 17.6. The lowest BCUT2D eigenvalue weighted by atomic mass is 9.83. The van der Waals surface area contributed by atoms with Crippen LogP contribution in [0.5, 0.6) is 0 Å². The first-order chi connectivity index (χ1) is 12.0. The lowest BCUT2D eigenvalue weighted by Crippen LogP contribution is -2.21. The molecule has 0 radical (unpaired) electrons. The number of benzene rings is 1. The van der Waals surface area contributed by atoms with Gasteiger partial charge >= 0.3 is 6.03 Å². The Bertz CT molecular complexity index is 985. The van der Waals surface area contributed by atoms with Crippen LogP contribution >= 0.6 is 0 Å². The maximum atomic E-state index is 12.6. The van der Waals surface area contributed by atoms with Gasteiger partial charge in [0.2, 0.25) is 0 Å². The zero-order valence-corrected chi connectivity index (χ0v) is 14.9. The molecule has 0 spiro atoms. The van der Waals surface area contributed by atoms with Crippen molar-refractivity contribution in [3.63, 3.8) is 0 Å². The molecule has 0 saturated carbocycles. The average molecular weight is 359 g/mol. The van der Waals surface area contributed by atoms with Gasteiger partial charge in [-0.25, -0.2) is 14.1 Å². The summed E-state index contributed by atoms with van der Waals surface area (Å²) in [5, 5.41) is 12.9.